The number of tetrazole rings is 1. The number of rotatable bonds is 7. The first kappa shape index (κ1) is 17.3. The molecule has 7 heteroatoms. The van der Waals surface area contributed by atoms with E-state index in [9.17, 15) is 0 Å². The van der Waals surface area contributed by atoms with Crippen LogP contribution in [0.15, 0.2) is 30.2 Å². The smallest absolute Gasteiger partial charge is 0.169 e. The Morgan fingerprint density at radius 1 is 1.29 bits per heavy atom. The van der Waals surface area contributed by atoms with Crippen LogP contribution >= 0.6 is 11.3 Å². The lowest BCUT2D eigenvalue weighted by molar-refractivity contribution is 0.0750. The van der Waals surface area contributed by atoms with Crippen molar-refractivity contribution < 1.29 is 0 Å². The van der Waals surface area contributed by atoms with E-state index in [1.54, 1.807) is 11.3 Å². The molecule has 0 spiro atoms. The zero-order valence-electron chi connectivity index (χ0n) is 14.5. The topological polar surface area (TPSA) is 50.1 Å². The zero-order chi connectivity index (χ0) is 16.9. The van der Waals surface area contributed by atoms with Gasteiger partial charge in [0.15, 0.2) is 5.82 Å². The van der Waals surface area contributed by atoms with Crippen molar-refractivity contribution in [3.63, 3.8) is 0 Å². The van der Waals surface area contributed by atoms with Crippen molar-refractivity contribution in [1.29, 1.82) is 0 Å². The minimum atomic E-state index is 0.255. The standard InChI is InChI=1S/C17H26N6S/c1-4-7-21-8-10-22(11-9-21)16(14(2)3)17-18-19-20-23(17)13-15-6-5-12-24-15/h4-6,12,14,16H,1,7-11,13H2,2-3H3. The van der Waals surface area contributed by atoms with Crippen molar-refractivity contribution in [3.05, 3.63) is 40.9 Å². The second kappa shape index (κ2) is 8.00. The Morgan fingerprint density at radius 3 is 2.71 bits per heavy atom. The average molecular weight is 347 g/mol. The van der Waals surface area contributed by atoms with E-state index in [-0.39, 0.29) is 6.04 Å². The van der Waals surface area contributed by atoms with E-state index in [1.807, 2.05) is 10.8 Å². The largest absolute Gasteiger partial charge is 0.297 e. The first-order valence-electron chi connectivity index (χ1n) is 8.54. The molecule has 2 aromatic rings. The Hall–Kier alpha value is -1.57. The first-order valence-corrected chi connectivity index (χ1v) is 9.42. The molecule has 6 nitrogen and oxygen atoms in total. The Labute approximate surface area is 147 Å². The molecule has 0 aliphatic carbocycles. The molecule has 0 aromatic carbocycles. The van der Waals surface area contributed by atoms with Crippen LogP contribution in [0.3, 0.4) is 0 Å². The van der Waals surface area contributed by atoms with Crippen LogP contribution in [0.25, 0.3) is 0 Å². The van der Waals surface area contributed by atoms with Crippen molar-refractivity contribution >= 4 is 11.3 Å². The van der Waals surface area contributed by atoms with Gasteiger partial charge >= 0.3 is 0 Å². The van der Waals surface area contributed by atoms with Crippen LogP contribution < -0.4 is 0 Å². The van der Waals surface area contributed by atoms with Crippen molar-refractivity contribution in [1.82, 2.24) is 30.0 Å². The molecule has 1 aliphatic rings. The molecule has 130 valence electrons. The predicted octanol–water partition coefficient (Wildman–Crippen LogP) is 2.28. The molecule has 24 heavy (non-hydrogen) atoms. The lowest BCUT2D eigenvalue weighted by Crippen LogP contribution is -2.49. The van der Waals surface area contributed by atoms with E-state index in [4.69, 9.17) is 0 Å². The zero-order valence-corrected chi connectivity index (χ0v) is 15.3. The molecule has 1 saturated heterocycles. The van der Waals surface area contributed by atoms with Crippen LogP contribution in [0, 0.1) is 5.92 Å². The second-order valence-electron chi connectivity index (χ2n) is 6.59. The number of thiophene rings is 1. The van der Waals surface area contributed by atoms with Crippen LogP contribution in [0.2, 0.25) is 0 Å². The Bertz CT molecular complexity index is 627. The highest BCUT2D eigenvalue weighted by Crippen LogP contribution is 2.28. The number of piperazine rings is 1. The minimum Gasteiger partial charge on any atom is -0.297 e. The molecule has 3 heterocycles. The molecule has 1 aliphatic heterocycles. The van der Waals surface area contributed by atoms with Crippen molar-refractivity contribution in [3.8, 4) is 0 Å². The maximum absolute atomic E-state index is 4.38. The van der Waals surface area contributed by atoms with Gasteiger partial charge in [0.1, 0.15) is 0 Å². The summed E-state index contributed by atoms with van der Waals surface area (Å²) >= 11 is 1.75. The highest BCUT2D eigenvalue weighted by atomic mass is 32.1. The van der Waals surface area contributed by atoms with Crippen LogP contribution in [0.4, 0.5) is 0 Å². The van der Waals surface area contributed by atoms with Gasteiger partial charge in [-0.1, -0.05) is 26.0 Å². The first-order chi connectivity index (χ1) is 11.7. The third-order valence-corrected chi connectivity index (χ3v) is 5.39. The van der Waals surface area contributed by atoms with Crippen molar-refractivity contribution in [2.24, 2.45) is 5.92 Å². The molecular formula is C17H26N6S. The van der Waals surface area contributed by atoms with Gasteiger partial charge in [0.2, 0.25) is 0 Å². The SMILES string of the molecule is C=CCN1CCN(C(c2nnnn2Cc2cccs2)C(C)C)CC1. The third kappa shape index (κ3) is 3.91. The van der Waals surface area contributed by atoms with Crippen LogP contribution in [0.5, 0.6) is 0 Å². The quantitative estimate of drug-likeness (QED) is 0.720. The molecule has 0 radical (unpaired) electrons. The summed E-state index contributed by atoms with van der Waals surface area (Å²) in [5.41, 5.74) is 0. The lowest BCUT2D eigenvalue weighted by Gasteiger charge is -2.39. The van der Waals surface area contributed by atoms with Crippen LogP contribution in [0.1, 0.15) is 30.6 Å². The summed E-state index contributed by atoms with van der Waals surface area (Å²) in [4.78, 5) is 6.25. The van der Waals surface area contributed by atoms with E-state index in [1.165, 1.54) is 4.88 Å². The summed E-state index contributed by atoms with van der Waals surface area (Å²) in [6.45, 7) is 14.3. The maximum Gasteiger partial charge on any atom is 0.169 e. The van der Waals surface area contributed by atoms with E-state index >= 15 is 0 Å². The number of aromatic nitrogens is 4. The highest BCUT2D eigenvalue weighted by molar-refractivity contribution is 7.09. The van der Waals surface area contributed by atoms with E-state index < -0.39 is 0 Å². The summed E-state index contributed by atoms with van der Waals surface area (Å²) in [5, 5.41) is 14.7. The molecule has 0 bridgehead atoms. The third-order valence-electron chi connectivity index (χ3n) is 4.53. The molecule has 0 N–H and O–H groups in total. The van der Waals surface area contributed by atoms with Crippen molar-refractivity contribution in [2.45, 2.75) is 26.4 Å². The molecule has 0 amide bonds. The molecule has 2 aromatic heterocycles. The summed E-state index contributed by atoms with van der Waals surface area (Å²) in [6, 6.07) is 4.46. The fourth-order valence-corrected chi connectivity index (χ4v) is 4.06. The Balaban J connectivity index is 1.75. The monoisotopic (exact) mass is 346 g/mol. The van der Waals surface area contributed by atoms with Gasteiger partial charge in [0.05, 0.1) is 12.6 Å². The highest BCUT2D eigenvalue weighted by Gasteiger charge is 2.31. The van der Waals surface area contributed by atoms with Gasteiger partial charge in [-0.3, -0.25) is 9.80 Å². The Kier molecular flexibility index (Phi) is 5.76. The summed E-state index contributed by atoms with van der Waals surface area (Å²) < 4.78 is 1.96. The maximum atomic E-state index is 4.38. The predicted molar refractivity (Wildman–Crippen MR) is 97.0 cm³/mol. The number of hydrogen-bond acceptors (Lipinski definition) is 6. The fourth-order valence-electron chi connectivity index (χ4n) is 3.38. The average Bonchev–Trinajstić information content (AvgIpc) is 3.22. The van der Waals surface area contributed by atoms with Crippen LogP contribution in [-0.2, 0) is 6.54 Å². The molecule has 0 saturated carbocycles. The van der Waals surface area contributed by atoms with E-state index in [2.05, 4.69) is 63.3 Å². The molecule has 3 rings (SSSR count). The summed E-state index contributed by atoms with van der Waals surface area (Å²) in [7, 11) is 0. The van der Waals surface area contributed by atoms with Gasteiger partial charge in [-0.2, -0.15) is 0 Å². The summed E-state index contributed by atoms with van der Waals surface area (Å²) in [6.07, 6.45) is 1.98. The molecule has 1 fully saturated rings. The molecular weight excluding hydrogens is 320 g/mol. The van der Waals surface area contributed by atoms with Gasteiger partial charge in [0, 0.05) is 37.6 Å². The molecule has 1 unspecified atom stereocenters. The minimum absolute atomic E-state index is 0.255. The second-order valence-corrected chi connectivity index (χ2v) is 7.62. The van der Waals surface area contributed by atoms with Gasteiger partial charge < -0.3 is 0 Å². The van der Waals surface area contributed by atoms with E-state index in [0.717, 1.165) is 45.1 Å². The lowest BCUT2D eigenvalue weighted by atomic mass is 10.0. The van der Waals surface area contributed by atoms with Crippen molar-refractivity contribution in [2.75, 3.05) is 32.7 Å². The van der Waals surface area contributed by atoms with Gasteiger partial charge in [0.25, 0.3) is 0 Å². The van der Waals surface area contributed by atoms with Crippen LogP contribution in [-0.4, -0.2) is 62.7 Å². The fraction of sp³-hybridized carbons (Fsp3) is 0.588. The summed E-state index contributed by atoms with van der Waals surface area (Å²) in [5.74, 6) is 1.44. The normalized spacial score (nSPS) is 18.1. The molecule has 1 atom stereocenters. The van der Waals surface area contributed by atoms with Gasteiger partial charge in [-0.15, -0.1) is 23.0 Å². The van der Waals surface area contributed by atoms with Gasteiger partial charge in [-0.25, -0.2) is 4.68 Å². The number of nitrogens with zero attached hydrogens (tertiary/aromatic N) is 6. The number of hydrogen-bond donors (Lipinski definition) is 0. The Morgan fingerprint density at radius 2 is 2.08 bits per heavy atom. The van der Waals surface area contributed by atoms with E-state index in [0.29, 0.717) is 5.92 Å². The van der Waals surface area contributed by atoms with Gasteiger partial charge in [-0.05, 0) is 27.8 Å².